The van der Waals surface area contributed by atoms with Crippen LogP contribution in [0.15, 0.2) is 16.5 Å². The van der Waals surface area contributed by atoms with E-state index in [1.54, 1.807) is 7.05 Å². The summed E-state index contributed by atoms with van der Waals surface area (Å²) in [6.07, 6.45) is 1.26. The molecule has 1 amide bonds. The lowest BCUT2D eigenvalue weighted by Crippen LogP contribution is -2.41. The van der Waals surface area contributed by atoms with Crippen LogP contribution in [0.25, 0.3) is 0 Å². The molecule has 1 N–H and O–H groups in total. The molecular formula is C14H22N2O4S. The topological polar surface area (TPSA) is 79.6 Å². The minimum atomic E-state index is -2.91. The second-order valence-electron chi connectivity index (χ2n) is 5.58. The molecule has 118 valence electrons. The van der Waals surface area contributed by atoms with E-state index in [0.717, 1.165) is 11.5 Å². The molecule has 1 aliphatic heterocycles. The van der Waals surface area contributed by atoms with Crippen molar-refractivity contribution in [3.63, 3.8) is 0 Å². The molecule has 21 heavy (non-hydrogen) atoms. The number of nitrogens with one attached hydrogen (secondary N) is 1. The Bertz CT molecular complexity index is 594. The lowest BCUT2D eigenvalue weighted by atomic mass is 10.2. The summed E-state index contributed by atoms with van der Waals surface area (Å²) in [5, 5.41) is 2.83. The molecule has 1 aromatic rings. The molecule has 1 aromatic heterocycles. The van der Waals surface area contributed by atoms with Crippen LogP contribution in [0, 0.1) is 6.92 Å². The Hall–Kier alpha value is -1.34. The number of sulfone groups is 1. The molecule has 1 aliphatic rings. The fraction of sp³-hybridized carbons (Fsp3) is 0.643. The Kier molecular flexibility index (Phi) is 5.05. The van der Waals surface area contributed by atoms with Crippen LogP contribution in [-0.2, 0) is 21.1 Å². The number of aryl methyl sites for hydroxylation is 1. The third-order valence-electron chi connectivity index (χ3n) is 3.71. The van der Waals surface area contributed by atoms with Crippen LogP contribution >= 0.6 is 0 Å². The van der Waals surface area contributed by atoms with Crippen molar-refractivity contribution >= 4 is 15.7 Å². The van der Waals surface area contributed by atoms with Crippen LogP contribution in [0.5, 0.6) is 0 Å². The summed E-state index contributed by atoms with van der Waals surface area (Å²) >= 11 is 0. The summed E-state index contributed by atoms with van der Waals surface area (Å²) in [5.41, 5.74) is 0. The average Bonchev–Trinajstić information content (AvgIpc) is 2.95. The number of hydrogen-bond donors (Lipinski definition) is 1. The van der Waals surface area contributed by atoms with E-state index in [4.69, 9.17) is 4.42 Å². The van der Waals surface area contributed by atoms with E-state index in [0.29, 0.717) is 19.4 Å². The number of likely N-dealkylation sites (N-methyl/N-ethyl adjacent to an activating group) is 1. The zero-order valence-electron chi connectivity index (χ0n) is 12.5. The highest BCUT2D eigenvalue weighted by Gasteiger charge is 2.31. The van der Waals surface area contributed by atoms with Gasteiger partial charge in [-0.1, -0.05) is 0 Å². The first-order valence-electron chi connectivity index (χ1n) is 7.08. The first kappa shape index (κ1) is 16.0. The van der Waals surface area contributed by atoms with Gasteiger partial charge in [-0.15, -0.1) is 0 Å². The molecule has 0 aliphatic carbocycles. The van der Waals surface area contributed by atoms with Crippen molar-refractivity contribution in [3.05, 3.63) is 23.7 Å². The summed E-state index contributed by atoms with van der Waals surface area (Å²) in [6.45, 7) is 2.62. The van der Waals surface area contributed by atoms with Crippen LogP contribution in [-0.4, -0.2) is 56.9 Å². The van der Waals surface area contributed by atoms with Gasteiger partial charge in [0.1, 0.15) is 11.5 Å². The van der Waals surface area contributed by atoms with Crippen LogP contribution in [0.2, 0.25) is 0 Å². The highest BCUT2D eigenvalue weighted by Crippen LogP contribution is 2.16. The van der Waals surface area contributed by atoms with E-state index >= 15 is 0 Å². The zero-order chi connectivity index (χ0) is 15.5. The fourth-order valence-electron chi connectivity index (χ4n) is 2.48. The first-order chi connectivity index (χ1) is 9.85. The van der Waals surface area contributed by atoms with Crippen molar-refractivity contribution in [2.24, 2.45) is 0 Å². The molecule has 7 heteroatoms. The monoisotopic (exact) mass is 314 g/mol. The van der Waals surface area contributed by atoms with Gasteiger partial charge in [0, 0.05) is 19.0 Å². The maximum absolute atomic E-state index is 11.8. The molecule has 1 fully saturated rings. The number of nitrogens with zero attached hydrogens (tertiary/aromatic N) is 1. The largest absolute Gasteiger partial charge is 0.466 e. The summed E-state index contributed by atoms with van der Waals surface area (Å²) in [7, 11) is -1.12. The lowest BCUT2D eigenvalue weighted by Gasteiger charge is -2.22. The SMILES string of the molecule is Cc1ccc(CCNC(=O)CN(C)[C@H]2CCS(=O)(=O)C2)o1. The summed E-state index contributed by atoms with van der Waals surface area (Å²) in [5.74, 6) is 2.00. The van der Waals surface area contributed by atoms with Gasteiger partial charge in [-0.05, 0) is 32.5 Å². The van der Waals surface area contributed by atoms with E-state index in [1.165, 1.54) is 0 Å². The van der Waals surface area contributed by atoms with Gasteiger partial charge in [0.15, 0.2) is 9.84 Å². The molecule has 1 saturated heterocycles. The van der Waals surface area contributed by atoms with Gasteiger partial charge < -0.3 is 9.73 Å². The van der Waals surface area contributed by atoms with Crippen LogP contribution in [0.1, 0.15) is 17.9 Å². The van der Waals surface area contributed by atoms with Crippen molar-refractivity contribution in [1.82, 2.24) is 10.2 Å². The minimum Gasteiger partial charge on any atom is -0.466 e. The number of amides is 1. The van der Waals surface area contributed by atoms with Crippen LogP contribution in [0.3, 0.4) is 0 Å². The molecule has 0 unspecified atom stereocenters. The predicted molar refractivity (Wildman–Crippen MR) is 79.8 cm³/mol. The molecule has 2 heterocycles. The quantitative estimate of drug-likeness (QED) is 0.820. The van der Waals surface area contributed by atoms with E-state index < -0.39 is 9.84 Å². The average molecular weight is 314 g/mol. The molecule has 0 spiro atoms. The molecule has 0 aromatic carbocycles. The number of furan rings is 1. The maximum atomic E-state index is 11.8. The Morgan fingerprint density at radius 3 is 2.81 bits per heavy atom. The molecule has 2 rings (SSSR count). The third kappa shape index (κ3) is 4.86. The van der Waals surface area contributed by atoms with Crippen molar-refractivity contribution in [3.8, 4) is 0 Å². The Labute approximate surface area is 125 Å². The highest BCUT2D eigenvalue weighted by molar-refractivity contribution is 7.91. The third-order valence-corrected chi connectivity index (χ3v) is 5.46. The van der Waals surface area contributed by atoms with Gasteiger partial charge in [-0.2, -0.15) is 0 Å². The smallest absolute Gasteiger partial charge is 0.234 e. The molecule has 0 bridgehead atoms. The van der Waals surface area contributed by atoms with Gasteiger partial charge in [0.2, 0.25) is 5.91 Å². The number of hydrogen-bond acceptors (Lipinski definition) is 5. The van der Waals surface area contributed by atoms with Crippen LogP contribution < -0.4 is 5.32 Å². The molecule has 0 saturated carbocycles. The van der Waals surface area contributed by atoms with E-state index in [-0.39, 0.29) is 30.0 Å². The second kappa shape index (κ2) is 6.62. The lowest BCUT2D eigenvalue weighted by molar-refractivity contribution is -0.122. The molecular weight excluding hydrogens is 292 g/mol. The highest BCUT2D eigenvalue weighted by atomic mass is 32.2. The van der Waals surface area contributed by atoms with Crippen molar-refractivity contribution in [2.45, 2.75) is 25.8 Å². The van der Waals surface area contributed by atoms with E-state index in [1.807, 2.05) is 24.0 Å². The Balaban J connectivity index is 1.69. The van der Waals surface area contributed by atoms with Gasteiger partial charge in [0.25, 0.3) is 0 Å². The molecule has 6 nitrogen and oxygen atoms in total. The normalized spacial score (nSPS) is 20.8. The van der Waals surface area contributed by atoms with Gasteiger partial charge in [-0.3, -0.25) is 9.69 Å². The standard InChI is InChI=1S/C14H22N2O4S/c1-11-3-4-13(20-11)5-7-15-14(17)9-16(2)12-6-8-21(18,19)10-12/h3-4,12H,5-10H2,1-2H3,(H,15,17)/t12-/m0/s1. The molecule has 0 radical (unpaired) electrons. The van der Waals surface area contributed by atoms with Gasteiger partial charge in [-0.25, -0.2) is 8.42 Å². The Morgan fingerprint density at radius 2 is 2.24 bits per heavy atom. The molecule has 1 atom stereocenters. The minimum absolute atomic E-state index is 0.0477. The first-order valence-corrected chi connectivity index (χ1v) is 8.90. The Morgan fingerprint density at radius 1 is 1.48 bits per heavy atom. The summed E-state index contributed by atoms with van der Waals surface area (Å²) < 4.78 is 28.3. The predicted octanol–water partition coefficient (Wildman–Crippen LogP) is 0.366. The van der Waals surface area contributed by atoms with E-state index in [9.17, 15) is 13.2 Å². The number of carbonyl (C=O) groups excluding carboxylic acids is 1. The van der Waals surface area contributed by atoms with Crippen molar-refractivity contribution < 1.29 is 17.6 Å². The maximum Gasteiger partial charge on any atom is 0.234 e. The van der Waals surface area contributed by atoms with E-state index in [2.05, 4.69) is 5.32 Å². The van der Waals surface area contributed by atoms with Crippen molar-refractivity contribution in [1.29, 1.82) is 0 Å². The van der Waals surface area contributed by atoms with Gasteiger partial charge >= 0.3 is 0 Å². The number of carbonyl (C=O) groups is 1. The van der Waals surface area contributed by atoms with Gasteiger partial charge in [0.05, 0.1) is 18.1 Å². The van der Waals surface area contributed by atoms with Crippen molar-refractivity contribution in [2.75, 3.05) is 31.6 Å². The number of rotatable bonds is 6. The fourth-order valence-corrected chi connectivity index (χ4v) is 4.28. The van der Waals surface area contributed by atoms with Crippen LogP contribution in [0.4, 0.5) is 0 Å². The zero-order valence-corrected chi connectivity index (χ0v) is 13.3. The second-order valence-corrected chi connectivity index (χ2v) is 7.81. The summed E-state index contributed by atoms with van der Waals surface area (Å²) in [6, 6.07) is 3.75. The summed E-state index contributed by atoms with van der Waals surface area (Å²) in [4.78, 5) is 13.7.